The third kappa shape index (κ3) is 9.70. The maximum absolute atomic E-state index is 12.5. The lowest BCUT2D eigenvalue weighted by Gasteiger charge is -2.38. The van der Waals surface area contributed by atoms with Gasteiger partial charge in [0.2, 0.25) is 11.8 Å². The number of benzene rings is 3. The Labute approximate surface area is 271 Å². The van der Waals surface area contributed by atoms with Crippen molar-refractivity contribution in [2.24, 2.45) is 0 Å². The highest BCUT2D eigenvalue weighted by molar-refractivity contribution is 5.76. The molecule has 0 radical (unpaired) electrons. The van der Waals surface area contributed by atoms with Gasteiger partial charge >= 0.3 is 0 Å². The summed E-state index contributed by atoms with van der Waals surface area (Å²) in [6.45, 7) is 4.85. The minimum Gasteiger partial charge on any atom is -0.392 e. The van der Waals surface area contributed by atoms with E-state index < -0.39 is 6.29 Å². The average molecular weight is 630 g/mol. The van der Waals surface area contributed by atoms with Crippen molar-refractivity contribution in [1.82, 2.24) is 15.5 Å². The molecule has 2 saturated heterocycles. The lowest BCUT2D eigenvalue weighted by atomic mass is 9.97. The maximum Gasteiger partial charge on any atom is 0.220 e. The van der Waals surface area contributed by atoms with E-state index in [0.717, 1.165) is 72.2 Å². The van der Waals surface area contributed by atoms with Gasteiger partial charge in [-0.25, -0.2) is 0 Å². The quantitative estimate of drug-likeness (QED) is 0.190. The van der Waals surface area contributed by atoms with Crippen LogP contribution < -0.4 is 10.6 Å². The Morgan fingerprint density at radius 2 is 1.67 bits per heavy atom. The molecule has 9 heteroatoms. The summed E-state index contributed by atoms with van der Waals surface area (Å²) < 4.78 is 13.0. The summed E-state index contributed by atoms with van der Waals surface area (Å²) in [5, 5.41) is 25.4. The Morgan fingerprint density at radius 3 is 2.39 bits per heavy atom. The highest BCUT2D eigenvalue weighted by Crippen LogP contribution is 2.39. The monoisotopic (exact) mass is 629 g/mol. The standard InChI is InChI=1S/C37H47N3O6/c1-26(42)38-19-6-2-3-9-36(44)39-22-31-7-4-5-8-34(31)28-14-16-30(17-15-28)37-45-33(24-40-20-18-32(43)23-40)21-35(46-37)29-12-10-27(25-41)11-13-29/h4-5,7-8,10-17,32-33,35,37,41,43H,2-3,6,9,18-25H2,1H3,(H,38,42)(H,39,44). The molecule has 0 bridgehead atoms. The van der Waals surface area contributed by atoms with Gasteiger partial charge in [0.25, 0.3) is 0 Å². The van der Waals surface area contributed by atoms with Crippen molar-refractivity contribution < 1.29 is 29.3 Å². The number of unbranched alkanes of at least 4 members (excludes halogenated alkanes) is 2. The zero-order valence-corrected chi connectivity index (χ0v) is 26.7. The molecule has 2 amide bonds. The first-order valence-electron chi connectivity index (χ1n) is 16.5. The van der Waals surface area contributed by atoms with E-state index in [-0.39, 0.29) is 36.7 Å². The summed E-state index contributed by atoms with van der Waals surface area (Å²) in [5.74, 6) is -0.00417. The number of amides is 2. The van der Waals surface area contributed by atoms with Crippen molar-refractivity contribution in [2.45, 2.75) is 83.2 Å². The molecule has 2 heterocycles. The Balaban J connectivity index is 1.22. The van der Waals surface area contributed by atoms with Crippen LogP contribution in [0.2, 0.25) is 0 Å². The van der Waals surface area contributed by atoms with Crippen LogP contribution in [0.1, 0.15) is 80.1 Å². The second-order valence-corrected chi connectivity index (χ2v) is 12.4. The number of hydrogen-bond acceptors (Lipinski definition) is 7. The predicted octanol–water partition coefficient (Wildman–Crippen LogP) is 4.77. The number of β-amino-alcohol motifs (C(OH)–C–C–N with tert-alkyl or cyclic N) is 1. The van der Waals surface area contributed by atoms with E-state index in [4.69, 9.17) is 9.47 Å². The van der Waals surface area contributed by atoms with Crippen molar-refractivity contribution >= 4 is 11.8 Å². The second-order valence-electron chi connectivity index (χ2n) is 12.4. The molecule has 4 unspecified atom stereocenters. The molecule has 3 aromatic rings. The van der Waals surface area contributed by atoms with Crippen LogP contribution in [-0.4, -0.2) is 65.3 Å². The van der Waals surface area contributed by atoms with Crippen molar-refractivity contribution in [3.63, 3.8) is 0 Å². The van der Waals surface area contributed by atoms with E-state index in [2.05, 4.69) is 33.7 Å². The summed E-state index contributed by atoms with van der Waals surface area (Å²) in [6.07, 6.45) is 3.44. The lowest BCUT2D eigenvalue weighted by molar-refractivity contribution is -0.252. The molecule has 2 fully saturated rings. The Bertz CT molecular complexity index is 1410. The lowest BCUT2D eigenvalue weighted by Crippen LogP contribution is -2.38. The molecular formula is C37H47N3O6. The van der Waals surface area contributed by atoms with Crippen LogP contribution in [0.5, 0.6) is 0 Å². The molecule has 0 aliphatic carbocycles. The molecule has 46 heavy (non-hydrogen) atoms. The van der Waals surface area contributed by atoms with Gasteiger partial charge in [-0.3, -0.25) is 14.5 Å². The number of aliphatic hydroxyl groups is 2. The van der Waals surface area contributed by atoms with Gasteiger partial charge in [0.1, 0.15) is 0 Å². The zero-order chi connectivity index (χ0) is 32.3. The first-order valence-corrected chi connectivity index (χ1v) is 16.5. The van der Waals surface area contributed by atoms with Gasteiger partial charge in [-0.1, -0.05) is 79.2 Å². The van der Waals surface area contributed by atoms with E-state index in [9.17, 15) is 19.8 Å². The molecule has 2 aliphatic heterocycles. The number of nitrogens with one attached hydrogen (secondary N) is 2. The topological polar surface area (TPSA) is 120 Å². The number of hydrogen-bond donors (Lipinski definition) is 4. The van der Waals surface area contributed by atoms with Gasteiger partial charge < -0.3 is 30.3 Å². The Hall–Kier alpha value is -3.60. The molecule has 5 rings (SSSR count). The SMILES string of the molecule is CC(=O)NCCCCCC(=O)NCc1ccccc1-c1ccc(C2OC(CN3CCC(O)C3)CC(c3ccc(CO)cc3)O2)cc1. The molecular weight excluding hydrogens is 582 g/mol. The number of likely N-dealkylation sites (tertiary alicyclic amines) is 1. The molecule has 0 aromatic heterocycles. The van der Waals surface area contributed by atoms with Crippen molar-refractivity contribution in [3.05, 3.63) is 95.1 Å². The van der Waals surface area contributed by atoms with Gasteiger partial charge in [-0.2, -0.15) is 0 Å². The second kappa shape index (κ2) is 16.8. The first-order chi connectivity index (χ1) is 22.4. The molecule has 9 nitrogen and oxygen atoms in total. The average Bonchev–Trinajstić information content (AvgIpc) is 3.49. The number of ether oxygens (including phenoxy) is 2. The Morgan fingerprint density at radius 1 is 0.913 bits per heavy atom. The highest BCUT2D eigenvalue weighted by Gasteiger charge is 2.34. The number of nitrogens with zero attached hydrogens (tertiary/aromatic N) is 1. The molecule has 4 atom stereocenters. The van der Waals surface area contributed by atoms with E-state index in [0.29, 0.717) is 32.5 Å². The number of aliphatic hydroxyl groups excluding tert-OH is 2. The largest absolute Gasteiger partial charge is 0.392 e. The minimum atomic E-state index is -0.546. The maximum atomic E-state index is 12.5. The van der Waals surface area contributed by atoms with Gasteiger partial charge in [-0.15, -0.1) is 0 Å². The van der Waals surface area contributed by atoms with E-state index in [1.54, 1.807) is 0 Å². The fourth-order valence-electron chi connectivity index (χ4n) is 6.21. The summed E-state index contributed by atoms with van der Waals surface area (Å²) in [4.78, 5) is 25.7. The van der Waals surface area contributed by atoms with Gasteiger partial charge in [-0.05, 0) is 47.1 Å². The van der Waals surface area contributed by atoms with Crippen molar-refractivity contribution in [2.75, 3.05) is 26.2 Å². The van der Waals surface area contributed by atoms with E-state index in [1.165, 1.54) is 6.92 Å². The number of carbonyl (C=O) groups is 2. The van der Waals surface area contributed by atoms with Gasteiger partial charge in [0, 0.05) is 58.1 Å². The predicted molar refractivity (Wildman–Crippen MR) is 176 cm³/mol. The van der Waals surface area contributed by atoms with Crippen LogP contribution in [0.4, 0.5) is 0 Å². The highest BCUT2D eigenvalue weighted by atomic mass is 16.7. The number of carbonyl (C=O) groups excluding carboxylic acids is 2. The van der Waals surface area contributed by atoms with E-state index >= 15 is 0 Å². The molecule has 4 N–H and O–H groups in total. The molecule has 2 aliphatic rings. The molecule has 3 aromatic carbocycles. The van der Waals surface area contributed by atoms with Crippen LogP contribution >= 0.6 is 0 Å². The first kappa shape index (κ1) is 33.8. The third-order valence-electron chi connectivity index (χ3n) is 8.77. The summed E-state index contributed by atoms with van der Waals surface area (Å²) in [5.41, 5.74) is 5.98. The molecule has 0 saturated carbocycles. The summed E-state index contributed by atoms with van der Waals surface area (Å²) in [6, 6.07) is 24.2. The Kier molecular flexibility index (Phi) is 12.3. The smallest absolute Gasteiger partial charge is 0.220 e. The van der Waals surface area contributed by atoms with Gasteiger partial charge in [0.15, 0.2) is 6.29 Å². The van der Waals surface area contributed by atoms with Crippen molar-refractivity contribution in [3.8, 4) is 11.1 Å². The minimum absolute atomic E-state index is 0.00141. The van der Waals surface area contributed by atoms with Crippen LogP contribution in [-0.2, 0) is 32.2 Å². The van der Waals surface area contributed by atoms with Crippen LogP contribution in [0.3, 0.4) is 0 Å². The summed E-state index contributed by atoms with van der Waals surface area (Å²) >= 11 is 0. The van der Waals surface area contributed by atoms with Crippen molar-refractivity contribution in [1.29, 1.82) is 0 Å². The van der Waals surface area contributed by atoms with E-state index in [1.807, 2.05) is 54.6 Å². The van der Waals surface area contributed by atoms with Crippen LogP contribution in [0, 0.1) is 0 Å². The molecule has 0 spiro atoms. The fraction of sp³-hybridized carbons (Fsp3) is 0.459. The zero-order valence-electron chi connectivity index (χ0n) is 26.7. The molecule has 246 valence electrons. The normalized spacial score (nSPS) is 21.6. The van der Waals surface area contributed by atoms with Crippen LogP contribution in [0.25, 0.3) is 11.1 Å². The third-order valence-corrected chi connectivity index (χ3v) is 8.77. The summed E-state index contributed by atoms with van der Waals surface area (Å²) in [7, 11) is 0. The van der Waals surface area contributed by atoms with Crippen LogP contribution in [0.15, 0.2) is 72.8 Å². The van der Waals surface area contributed by atoms with Gasteiger partial charge in [0.05, 0.1) is 24.9 Å². The number of rotatable bonds is 14. The fourth-order valence-corrected chi connectivity index (χ4v) is 6.21.